The molecule has 4 nitrogen and oxygen atoms in total. The van der Waals surface area contributed by atoms with Crippen molar-refractivity contribution in [2.75, 3.05) is 13.4 Å². The Kier molecular flexibility index (Phi) is 3.70. The van der Waals surface area contributed by atoms with Gasteiger partial charge in [0.15, 0.2) is 9.84 Å². The van der Waals surface area contributed by atoms with Crippen LogP contribution in [-0.4, -0.2) is 27.8 Å². The zero-order chi connectivity index (χ0) is 12.3. The van der Waals surface area contributed by atoms with Gasteiger partial charge in [-0.2, -0.15) is 0 Å². The maximum atomic E-state index is 11.5. The number of carbonyl (C=O) groups is 1. The number of benzene rings is 1. The maximum Gasteiger partial charge on any atom is 0.338 e. The highest BCUT2D eigenvalue weighted by molar-refractivity contribution is 7.90. The highest BCUT2D eigenvalue weighted by Crippen LogP contribution is 2.17. The van der Waals surface area contributed by atoms with Gasteiger partial charge in [0.2, 0.25) is 0 Å². The largest absolute Gasteiger partial charge is 0.465 e. The molecule has 0 saturated carbocycles. The lowest BCUT2D eigenvalue weighted by molar-refractivity contribution is 0.0599. The summed E-state index contributed by atoms with van der Waals surface area (Å²) in [6.45, 7) is 1.89. The second-order valence-electron chi connectivity index (χ2n) is 3.44. The Hall–Kier alpha value is -1.36. The first-order valence-corrected chi connectivity index (χ1v) is 6.70. The van der Waals surface area contributed by atoms with Gasteiger partial charge in [-0.3, -0.25) is 0 Å². The van der Waals surface area contributed by atoms with Crippen molar-refractivity contribution in [3.8, 4) is 0 Å². The molecule has 0 N–H and O–H groups in total. The predicted molar refractivity (Wildman–Crippen MR) is 60.3 cm³/mol. The van der Waals surface area contributed by atoms with E-state index < -0.39 is 15.8 Å². The molecule has 1 aromatic rings. The molecule has 0 aliphatic heterocycles. The number of methoxy groups -OCH3 is 1. The van der Waals surface area contributed by atoms with Gasteiger partial charge >= 0.3 is 5.97 Å². The minimum atomic E-state index is -3.30. The van der Waals surface area contributed by atoms with Crippen LogP contribution in [0.3, 0.4) is 0 Å². The van der Waals surface area contributed by atoms with Crippen LogP contribution in [0.4, 0.5) is 0 Å². The van der Waals surface area contributed by atoms with Gasteiger partial charge in [0.05, 0.1) is 17.6 Å². The van der Waals surface area contributed by atoms with Crippen LogP contribution >= 0.6 is 0 Å². The van der Waals surface area contributed by atoms with E-state index in [9.17, 15) is 13.2 Å². The molecule has 5 heteroatoms. The third kappa shape index (κ3) is 2.61. The number of esters is 1. The number of sulfone groups is 1. The Bertz CT molecular complexity index is 503. The Morgan fingerprint density at radius 1 is 1.38 bits per heavy atom. The Labute approximate surface area is 95.2 Å². The minimum Gasteiger partial charge on any atom is -0.465 e. The van der Waals surface area contributed by atoms with E-state index in [2.05, 4.69) is 4.74 Å². The highest BCUT2D eigenvalue weighted by atomic mass is 32.2. The molecule has 0 fully saturated rings. The van der Waals surface area contributed by atoms with E-state index in [1.165, 1.54) is 19.2 Å². The Morgan fingerprint density at radius 3 is 2.44 bits per heavy atom. The summed E-state index contributed by atoms with van der Waals surface area (Å²) in [6, 6.07) is 4.50. The van der Waals surface area contributed by atoms with Crippen LogP contribution in [0.15, 0.2) is 23.1 Å². The third-order valence-corrected chi connectivity index (χ3v) is 3.41. The molecule has 0 unspecified atom stereocenters. The van der Waals surface area contributed by atoms with Gasteiger partial charge in [0.1, 0.15) is 0 Å². The molecule has 1 rings (SSSR count). The molecule has 16 heavy (non-hydrogen) atoms. The fourth-order valence-electron chi connectivity index (χ4n) is 1.39. The number of rotatable bonds is 3. The predicted octanol–water partition coefficient (Wildman–Crippen LogP) is 1.44. The van der Waals surface area contributed by atoms with Crippen molar-refractivity contribution in [1.29, 1.82) is 0 Å². The molecule has 0 radical (unpaired) electrons. The summed E-state index contributed by atoms with van der Waals surface area (Å²) in [6.07, 6.45) is 1.75. The fraction of sp³-hybridized carbons (Fsp3) is 0.364. The first kappa shape index (κ1) is 12.7. The van der Waals surface area contributed by atoms with E-state index in [0.29, 0.717) is 12.0 Å². The monoisotopic (exact) mass is 242 g/mol. The maximum absolute atomic E-state index is 11.5. The lowest BCUT2D eigenvalue weighted by atomic mass is 10.1. The summed E-state index contributed by atoms with van der Waals surface area (Å²) in [5.41, 5.74) is 1.09. The van der Waals surface area contributed by atoms with Gasteiger partial charge in [-0.1, -0.05) is 13.0 Å². The SMILES string of the molecule is CCc1ccc(S(C)(=O)=O)cc1C(=O)OC. The quantitative estimate of drug-likeness (QED) is 0.752. The zero-order valence-electron chi connectivity index (χ0n) is 9.48. The smallest absolute Gasteiger partial charge is 0.338 e. The van der Waals surface area contributed by atoms with Gasteiger partial charge in [0.25, 0.3) is 0 Å². The molecule has 0 aromatic heterocycles. The lowest BCUT2D eigenvalue weighted by Gasteiger charge is -2.07. The third-order valence-electron chi connectivity index (χ3n) is 2.30. The number of hydrogen-bond donors (Lipinski definition) is 0. The van der Waals surface area contributed by atoms with Crippen LogP contribution in [0.2, 0.25) is 0 Å². The van der Waals surface area contributed by atoms with E-state index >= 15 is 0 Å². The van der Waals surface area contributed by atoms with Crippen molar-refractivity contribution < 1.29 is 17.9 Å². The first-order valence-electron chi connectivity index (χ1n) is 4.81. The van der Waals surface area contributed by atoms with Crippen LogP contribution in [0.1, 0.15) is 22.8 Å². The summed E-state index contributed by atoms with van der Waals surface area (Å²) < 4.78 is 27.3. The van der Waals surface area contributed by atoms with E-state index in [1.807, 2.05) is 6.92 Å². The molecule has 88 valence electrons. The molecule has 0 amide bonds. The highest BCUT2D eigenvalue weighted by Gasteiger charge is 2.15. The topological polar surface area (TPSA) is 60.4 Å². The first-order chi connectivity index (χ1) is 7.40. The van der Waals surface area contributed by atoms with Crippen molar-refractivity contribution in [2.45, 2.75) is 18.2 Å². The van der Waals surface area contributed by atoms with Crippen LogP contribution in [-0.2, 0) is 21.0 Å². The van der Waals surface area contributed by atoms with Crippen LogP contribution in [0.25, 0.3) is 0 Å². The number of hydrogen-bond acceptors (Lipinski definition) is 4. The molecule has 0 aliphatic carbocycles. The Balaban J connectivity index is 3.38. The second-order valence-corrected chi connectivity index (χ2v) is 5.45. The average Bonchev–Trinajstić information content (AvgIpc) is 2.25. The molecule has 0 bridgehead atoms. The summed E-state index contributed by atoms with van der Waals surface area (Å²) in [7, 11) is -2.03. The van der Waals surface area contributed by atoms with Gasteiger partial charge < -0.3 is 4.74 Å². The molecule has 1 aromatic carbocycles. The zero-order valence-corrected chi connectivity index (χ0v) is 10.3. The fourth-order valence-corrected chi connectivity index (χ4v) is 2.04. The number of ether oxygens (including phenoxy) is 1. The normalized spacial score (nSPS) is 11.2. The van der Waals surface area contributed by atoms with Crippen LogP contribution in [0.5, 0.6) is 0 Å². The van der Waals surface area contributed by atoms with Crippen molar-refractivity contribution >= 4 is 15.8 Å². The van der Waals surface area contributed by atoms with E-state index in [-0.39, 0.29) is 4.90 Å². The van der Waals surface area contributed by atoms with Crippen LogP contribution < -0.4 is 0 Å². The number of carbonyl (C=O) groups excluding carboxylic acids is 1. The van der Waals surface area contributed by atoms with Gasteiger partial charge in [0, 0.05) is 6.26 Å². The number of aryl methyl sites for hydroxylation is 1. The average molecular weight is 242 g/mol. The van der Waals surface area contributed by atoms with Gasteiger partial charge in [-0.25, -0.2) is 13.2 Å². The molecule has 0 aliphatic rings. The van der Waals surface area contributed by atoms with Crippen molar-refractivity contribution in [2.24, 2.45) is 0 Å². The summed E-state index contributed by atoms with van der Waals surface area (Å²) >= 11 is 0. The molecule has 0 heterocycles. The standard InChI is InChI=1S/C11H14O4S/c1-4-8-5-6-9(16(3,13)14)7-10(8)11(12)15-2/h5-7H,4H2,1-3H3. The molecular weight excluding hydrogens is 228 g/mol. The van der Waals surface area contributed by atoms with E-state index in [4.69, 9.17) is 0 Å². The molecule has 0 atom stereocenters. The molecular formula is C11H14O4S. The van der Waals surface area contributed by atoms with E-state index in [0.717, 1.165) is 11.8 Å². The Morgan fingerprint density at radius 2 is 2.00 bits per heavy atom. The minimum absolute atomic E-state index is 0.130. The summed E-state index contributed by atoms with van der Waals surface area (Å²) in [5, 5.41) is 0. The van der Waals surface area contributed by atoms with Gasteiger partial charge in [-0.15, -0.1) is 0 Å². The van der Waals surface area contributed by atoms with E-state index in [1.54, 1.807) is 6.07 Å². The summed E-state index contributed by atoms with van der Waals surface area (Å²) in [5.74, 6) is -0.512. The molecule has 0 saturated heterocycles. The van der Waals surface area contributed by atoms with Gasteiger partial charge in [-0.05, 0) is 24.1 Å². The summed E-state index contributed by atoms with van der Waals surface area (Å²) in [4.78, 5) is 11.6. The lowest BCUT2D eigenvalue weighted by Crippen LogP contribution is -2.08. The van der Waals surface area contributed by atoms with Crippen LogP contribution in [0, 0.1) is 0 Å². The second kappa shape index (κ2) is 4.65. The van der Waals surface area contributed by atoms with Crippen molar-refractivity contribution in [3.63, 3.8) is 0 Å². The molecule has 0 spiro atoms. The van der Waals surface area contributed by atoms with Crippen molar-refractivity contribution in [3.05, 3.63) is 29.3 Å². The van der Waals surface area contributed by atoms with Crippen molar-refractivity contribution in [1.82, 2.24) is 0 Å².